The van der Waals surface area contributed by atoms with E-state index in [-0.39, 0.29) is 5.41 Å². The van der Waals surface area contributed by atoms with Gasteiger partial charge < -0.3 is 5.32 Å². The Morgan fingerprint density at radius 2 is 1.71 bits per heavy atom. The van der Waals surface area contributed by atoms with Gasteiger partial charge in [-0.05, 0) is 17.5 Å². The highest BCUT2D eigenvalue weighted by atomic mass is 35.5. The highest BCUT2D eigenvalue weighted by Gasteiger charge is 2.09. The van der Waals surface area contributed by atoms with Crippen LogP contribution < -0.4 is 5.32 Å². The molecule has 0 radical (unpaired) electrons. The smallest absolute Gasteiger partial charge is 0.132 e. The highest BCUT2D eigenvalue weighted by molar-refractivity contribution is 6.32. The molecule has 4 heteroatoms. The molecule has 2 nitrogen and oxygen atoms in total. The Morgan fingerprint density at radius 3 is 2.14 bits per heavy atom. The van der Waals surface area contributed by atoms with E-state index in [4.69, 9.17) is 23.2 Å². The number of pyridine rings is 1. The number of hydrogen-bond acceptors (Lipinski definition) is 2. The Bertz CT molecular complexity index is 298. The summed E-state index contributed by atoms with van der Waals surface area (Å²) < 4.78 is 0. The van der Waals surface area contributed by atoms with Crippen LogP contribution in [0.1, 0.15) is 20.8 Å². The van der Waals surface area contributed by atoms with Crippen molar-refractivity contribution in [3.05, 3.63) is 22.4 Å². The molecule has 0 amide bonds. The molecule has 1 aromatic heterocycles. The van der Waals surface area contributed by atoms with Gasteiger partial charge in [-0.25, -0.2) is 4.98 Å². The molecule has 0 unspecified atom stereocenters. The Kier molecular flexibility index (Phi) is 3.62. The first-order valence-corrected chi connectivity index (χ1v) is 5.19. The lowest BCUT2D eigenvalue weighted by Crippen LogP contribution is -2.19. The Hall–Kier alpha value is -0.470. The second-order valence-electron chi connectivity index (χ2n) is 4.42. The molecule has 0 aliphatic heterocycles. The molecule has 0 saturated carbocycles. The summed E-state index contributed by atoms with van der Waals surface area (Å²) in [4.78, 5) is 3.87. The summed E-state index contributed by atoms with van der Waals surface area (Å²) in [6.07, 6.45) is 0. The molecule has 1 aromatic rings. The van der Waals surface area contributed by atoms with Crippen molar-refractivity contribution in [3.8, 4) is 0 Å². The second-order valence-corrected chi connectivity index (χ2v) is 5.19. The summed E-state index contributed by atoms with van der Waals surface area (Å²) in [5, 5.41) is 4.08. The Balaban J connectivity index is 2.68. The summed E-state index contributed by atoms with van der Waals surface area (Å²) in [5.74, 6) is 0. The van der Waals surface area contributed by atoms with Crippen molar-refractivity contribution in [3.63, 3.8) is 0 Å². The number of aromatic nitrogens is 1. The zero-order valence-electron chi connectivity index (χ0n) is 8.56. The summed E-state index contributed by atoms with van der Waals surface area (Å²) in [5.41, 5.74) is 1.13. The van der Waals surface area contributed by atoms with Crippen molar-refractivity contribution in [1.29, 1.82) is 0 Å². The van der Waals surface area contributed by atoms with E-state index in [0.717, 1.165) is 12.2 Å². The Morgan fingerprint density at radius 1 is 1.21 bits per heavy atom. The van der Waals surface area contributed by atoms with Gasteiger partial charge in [-0.1, -0.05) is 44.0 Å². The summed E-state index contributed by atoms with van der Waals surface area (Å²) in [6, 6.07) is 3.53. The van der Waals surface area contributed by atoms with Crippen molar-refractivity contribution in [2.24, 2.45) is 5.41 Å². The Labute approximate surface area is 94.6 Å². The van der Waals surface area contributed by atoms with Crippen molar-refractivity contribution < 1.29 is 0 Å². The third kappa shape index (κ3) is 4.16. The van der Waals surface area contributed by atoms with Crippen LogP contribution in [-0.2, 0) is 0 Å². The quantitative estimate of drug-likeness (QED) is 0.785. The van der Waals surface area contributed by atoms with E-state index in [2.05, 4.69) is 31.1 Å². The zero-order valence-corrected chi connectivity index (χ0v) is 10.1. The molecule has 0 aromatic carbocycles. The fourth-order valence-corrected chi connectivity index (χ4v) is 1.39. The number of hydrogen-bond donors (Lipinski definition) is 1. The van der Waals surface area contributed by atoms with E-state index < -0.39 is 0 Å². The second kappa shape index (κ2) is 4.37. The van der Waals surface area contributed by atoms with E-state index in [0.29, 0.717) is 10.3 Å². The van der Waals surface area contributed by atoms with Crippen LogP contribution in [0.5, 0.6) is 0 Å². The normalized spacial score (nSPS) is 11.5. The highest BCUT2D eigenvalue weighted by Crippen LogP contribution is 2.20. The number of anilines is 1. The topological polar surface area (TPSA) is 24.9 Å². The first kappa shape index (κ1) is 11.6. The van der Waals surface area contributed by atoms with E-state index >= 15 is 0 Å². The van der Waals surface area contributed by atoms with E-state index in [1.54, 1.807) is 12.1 Å². The van der Waals surface area contributed by atoms with E-state index in [9.17, 15) is 0 Å². The molecule has 0 atom stereocenters. The van der Waals surface area contributed by atoms with Gasteiger partial charge in [0.05, 0.1) is 0 Å². The van der Waals surface area contributed by atoms with Gasteiger partial charge in [-0.15, -0.1) is 0 Å². The van der Waals surface area contributed by atoms with Crippen molar-refractivity contribution in [2.45, 2.75) is 20.8 Å². The monoisotopic (exact) mass is 232 g/mol. The SMILES string of the molecule is CC(C)(C)CNc1cc(Cl)nc(Cl)c1. The van der Waals surface area contributed by atoms with Crippen LogP contribution in [0.15, 0.2) is 12.1 Å². The lowest BCUT2D eigenvalue weighted by Gasteiger charge is -2.19. The number of nitrogens with one attached hydrogen (secondary N) is 1. The van der Waals surface area contributed by atoms with Crippen LogP contribution in [0.3, 0.4) is 0 Å². The molecule has 1 N–H and O–H groups in total. The first-order valence-electron chi connectivity index (χ1n) is 4.44. The molecule has 1 rings (SSSR count). The predicted molar refractivity (Wildman–Crippen MR) is 62.2 cm³/mol. The van der Waals surface area contributed by atoms with Gasteiger partial charge >= 0.3 is 0 Å². The van der Waals surface area contributed by atoms with Crippen molar-refractivity contribution in [1.82, 2.24) is 4.98 Å². The molecular weight excluding hydrogens is 219 g/mol. The first-order chi connectivity index (χ1) is 6.37. The maximum absolute atomic E-state index is 5.76. The summed E-state index contributed by atoms with van der Waals surface area (Å²) >= 11 is 11.5. The van der Waals surface area contributed by atoms with Crippen LogP contribution >= 0.6 is 23.2 Å². The molecule has 14 heavy (non-hydrogen) atoms. The lowest BCUT2D eigenvalue weighted by atomic mass is 9.97. The number of nitrogens with zero attached hydrogens (tertiary/aromatic N) is 1. The predicted octanol–water partition coefficient (Wildman–Crippen LogP) is 3.85. The third-order valence-corrected chi connectivity index (χ3v) is 1.97. The summed E-state index contributed by atoms with van der Waals surface area (Å²) in [7, 11) is 0. The maximum Gasteiger partial charge on any atom is 0.132 e. The van der Waals surface area contributed by atoms with Gasteiger partial charge in [0.2, 0.25) is 0 Å². The van der Waals surface area contributed by atoms with Crippen LogP contribution in [0, 0.1) is 5.41 Å². The van der Waals surface area contributed by atoms with E-state index in [1.165, 1.54) is 0 Å². The van der Waals surface area contributed by atoms with Crippen LogP contribution in [0.2, 0.25) is 10.3 Å². The van der Waals surface area contributed by atoms with Crippen molar-refractivity contribution >= 4 is 28.9 Å². The van der Waals surface area contributed by atoms with Gasteiger partial charge in [0.15, 0.2) is 0 Å². The fraction of sp³-hybridized carbons (Fsp3) is 0.500. The molecule has 0 bridgehead atoms. The molecule has 0 saturated heterocycles. The zero-order chi connectivity index (χ0) is 10.8. The van der Waals surface area contributed by atoms with E-state index in [1.807, 2.05) is 0 Å². The van der Waals surface area contributed by atoms with Gasteiger partial charge in [-0.2, -0.15) is 0 Å². The molecular formula is C10H14Cl2N2. The average Bonchev–Trinajstić information content (AvgIpc) is 1.97. The lowest BCUT2D eigenvalue weighted by molar-refractivity contribution is 0.443. The molecule has 0 fully saturated rings. The maximum atomic E-state index is 5.76. The molecule has 78 valence electrons. The third-order valence-electron chi connectivity index (χ3n) is 1.59. The summed E-state index contributed by atoms with van der Waals surface area (Å²) in [6.45, 7) is 7.34. The largest absolute Gasteiger partial charge is 0.384 e. The van der Waals surface area contributed by atoms with Gasteiger partial charge in [0, 0.05) is 12.2 Å². The fourth-order valence-electron chi connectivity index (χ4n) is 0.934. The van der Waals surface area contributed by atoms with Gasteiger partial charge in [-0.3, -0.25) is 0 Å². The minimum Gasteiger partial charge on any atom is -0.384 e. The minimum absolute atomic E-state index is 0.224. The van der Waals surface area contributed by atoms with Crippen molar-refractivity contribution in [2.75, 3.05) is 11.9 Å². The number of halogens is 2. The van der Waals surface area contributed by atoms with Crippen LogP contribution in [0.25, 0.3) is 0 Å². The molecule has 1 heterocycles. The molecule has 0 aliphatic carbocycles. The molecule has 0 aliphatic rings. The minimum atomic E-state index is 0.224. The van der Waals surface area contributed by atoms with Crippen LogP contribution in [0.4, 0.5) is 5.69 Å². The van der Waals surface area contributed by atoms with Gasteiger partial charge in [0.1, 0.15) is 10.3 Å². The van der Waals surface area contributed by atoms with Gasteiger partial charge in [0.25, 0.3) is 0 Å². The number of rotatable bonds is 2. The van der Waals surface area contributed by atoms with Crippen LogP contribution in [-0.4, -0.2) is 11.5 Å². The average molecular weight is 233 g/mol. The molecule has 0 spiro atoms. The standard InChI is InChI=1S/C10H14Cl2N2/c1-10(2,3)6-13-7-4-8(11)14-9(12)5-7/h4-5H,6H2,1-3H3,(H,13,14).